The second kappa shape index (κ2) is 5.86. The van der Waals surface area contributed by atoms with Crippen LogP contribution >= 0.6 is 0 Å². The topological polar surface area (TPSA) is 75.6 Å². The van der Waals surface area contributed by atoms with Crippen LogP contribution in [0.1, 0.15) is 23.0 Å². The van der Waals surface area contributed by atoms with E-state index in [0.29, 0.717) is 5.78 Å². The van der Waals surface area contributed by atoms with E-state index in [0.717, 1.165) is 61.6 Å². The van der Waals surface area contributed by atoms with Crippen LogP contribution in [0.5, 0.6) is 0 Å². The SMILES string of the molecule is Cc1cc(N2CCN(Cc3nc(C)c(C)o3)CC2)n2ncnc2n1. The van der Waals surface area contributed by atoms with Crippen molar-refractivity contribution in [1.82, 2.24) is 29.5 Å². The molecule has 1 aliphatic rings. The van der Waals surface area contributed by atoms with E-state index in [1.54, 1.807) is 6.33 Å². The lowest BCUT2D eigenvalue weighted by atomic mass is 10.3. The number of fused-ring (bicyclic) bond motifs is 1. The summed E-state index contributed by atoms with van der Waals surface area (Å²) in [5.74, 6) is 3.41. The van der Waals surface area contributed by atoms with Gasteiger partial charge in [-0.1, -0.05) is 0 Å². The Bertz CT molecular complexity index is 841. The molecule has 4 rings (SSSR count). The molecule has 0 aromatic carbocycles. The number of piperazine rings is 1. The molecule has 1 saturated heterocycles. The monoisotopic (exact) mass is 327 g/mol. The second-order valence-electron chi connectivity index (χ2n) is 6.24. The largest absolute Gasteiger partial charge is 0.444 e. The van der Waals surface area contributed by atoms with Gasteiger partial charge in [-0.2, -0.15) is 14.6 Å². The average molecular weight is 327 g/mol. The van der Waals surface area contributed by atoms with Gasteiger partial charge in [0, 0.05) is 37.9 Å². The molecule has 0 saturated carbocycles. The molecule has 3 aromatic rings. The number of aryl methyl sites for hydroxylation is 3. The highest BCUT2D eigenvalue weighted by Gasteiger charge is 2.21. The van der Waals surface area contributed by atoms with Crippen molar-refractivity contribution < 1.29 is 4.42 Å². The summed E-state index contributed by atoms with van der Waals surface area (Å²) in [4.78, 5) is 17.8. The van der Waals surface area contributed by atoms with Crippen LogP contribution in [0.3, 0.4) is 0 Å². The quantitative estimate of drug-likeness (QED) is 0.719. The van der Waals surface area contributed by atoms with Gasteiger partial charge in [-0.3, -0.25) is 4.90 Å². The van der Waals surface area contributed by atoms with Crippen LogP contribution in [0.4, 0.5) is 5.82 Å². The van der Waals surface area contributed by atoms with Crippen LogP contribution in [0.2, 0.25) is 0 Å². The molecule has 0 spiro atoms. The van der Waals surface area contributed by atoms with Gasteiger partial charge >= 0.3 is 0 Å². The third-order valence-corrected chi connectivity index (χ3v) is 4.49. The highest BCUT2D eigenvalue weighted by molar-refractivity contribution is 5.47. The molecular weight excluding hydrogens is 306 g/mol. The van der Waals surface area contributed by atoms with Crippen molar-refractivity contribution in [3.63, 3.8) is 0 Å². The van der Waals surface area contributed by atoms with E-state index in [9.17, 15) is 0 Å². The van der Waals surface area contributed by atoms with Crippen LogP contribution in [0.25, 0.3) is 5.78 Å². The number of oxazole rings is 1. The predicted octanol–water partition coefficient (Wildman–Crippen LogP) is 1.36. The summed E-state index contributed by atoms with van der Waals surface area (Å²) in [6.07, 6.45) is 1.55. The molecule has 1 aliphatic heterocycles. The van der Waals surface area contributed by atoms with Crippen molar-refractivity contribution in [3.05, 3.63) is 35.4 Å². The Labute approximate surface area is 140 Å². The molecule has 4 heterocycles. The third-order valence-electron chi connectivity index (χ3n) is 4.49. The first-order valence-electron chi connectivity index (χ1n) is 8.18. The van der Waals surface area contributed by atoms with Crippen molar-refractivity contribution in [1.29, 1.82) is 0 Å². The number of nitrogens with zero attached hydrogens (tertiary/aromatic N) is 7. The van der Waals surface area contributed by atoms with E-state index in [4.69, 9.17) is 4.42 Å². The zero-order valence-corrected chi connectivity index (χ0v) is 14.2. The van der Waals surface area contributed by atoms with E-state index in [2.05, 4.69) is 35.9 Å². The second-order valence-corrected chi connectivity index (χ2v) is 6.24. The van der Waals surface area contributed by atoms with Crippen molar-refractivity contribution in [2.75, 3.05) is 31.1 Å². The van der Waals surface area contributed by atoms with E-state index in [1.165, 1.54) is 0 Å². The number of hydrogen-bond acceptors (Lipinski definition) is 7. The summed E-state index contributed by atoms with van der Waals surface area (Å²) in [5, 5.41) is 4.30. The molecule has 0 unspecified atom stereocenters. The number of anilines is 1. The van der Waals surface area contributed by atoms with E-state index in [1.807, 2.05) is 25.3 Å². The van der Waals surface area contributed by atoms with Crippen LogP contribution < -0.4 is 4.90 Å². The third kappa shape index (κ3) is 2.73. The highest BCUT2D eigenvalue weighted by Crippen LogP contribution is 2.19. The lowest BCUT2D eigenvalue weighted by Gasteiger charge is -2.35. The molecule has 8 nitrogen and oxygen atoms in total. The average Bonchev–Trinajstić information content (AvgIpc) is 3.14. The standard InChI is InChI=1S/C16H21N7O/c1-11-8-15(23-16(19-11)17-10-18-23)22-6-4-21(5-7-22)9-14-20-12(2)13(3)24-14/h8,10H,4-7,9H2,1-3H3. The molecule has 3 aromatic heterocycles. The Hall–Kier alpha value is -2.48. The molecule has 126 valence electrons. The minimum absolute atomic E-state index is 0.651. The van der Waals surface area contributed by atoms with Crippen LogP contribution in [-0.4, -0.2) is 55.6 Å². The number of hydrogen-bond donors (Lipinski definition) is 0. The molecule has 8 heteroatoms. The molecule has 0 radical (unpaired) electrons. The van der Waals surface area contributed by atoms with E-state index in [-0.39, 0.29) is 0 Å². The van der Waals surface area contributed by atoms with E-state index < -0.39 is 0 Å². The molecular formula is C16H21N7O. The maximum atomic E-state index is 5.69. The van der Waals surface area contributed by atoms with Gasteiger partial charge in [0.15, 0.2) is 0 Å². The maximum absolute atomic E-state index is 5.69. The summed E-state index contributed by atoms with van der Waals surface area (Å²) in [7, 11) is 0. The lowest BCUT2D eigenvalue weighted by Crippen LogP contribution is -2.46. The Morgan fingerprint density at radius 2 is 1.88 bits per heavy atom. The maximum Gasteiger partial charge on any atom is 0.254 e. The Morgan fingerprint density at radius 3 is 2.58 bits per heavy atom. The first kappa shape index (κ1) is 15.1. The first-order chi connectivity index (χ1) is 11.6. The zero-order valence-electron chi connectivity index (χ0n) is 14.2. The van der Waals surface area contributed by atoms with Gasteiger partial charge in [0.2, 0.25) is 5.89 Å². The summed E-state index contributed by atoms with van der Waals surface area (Å²) in [6, 6.07) is 2.07. The Morgan fingerprint density at radius 1 is 1.08 bits per heavy atom. The van der Waals surface area contributed by atoms with Crippen molar-refractivity contribution >= 4 is 11.6 Å². The first-order valence-corrected chi connectivity index (χ1v) is 8.18. The fourth-order valence-corrected chi connectivity index (χ4v) is 3.07. The van der Waals surface area contributed by atoms with Crippen LogP contribution in [0.15, 0.2) is 16.8 Å². The highest BCUT2D eigenvalue weighted by atomic mass is 16.4. The Balaban J connectivity index is 1.46. The van der Waals surface area contributed by atoms with Gasteiger partial charge in [-0.05, 0) is 20.8 Å². The summed E-state index contributed by atoms with van der Waals surface area (Å²) in [6.45, 7) is 10.5. The summed E-state index contributed by atoms with van der Waals surface area (Å²) in [5.41, 5.74) is 1.93. The van der Waals surface area contributed by atoms with Gasteiger partial charge < -0.3 is 9.32 Å². The molecule has 0 N–H and O–H groups in total. The van der Waals surface area contributed by atoms with Gasteiger partial charge in [0.25, 0.3) is 5.78 Å². The molecule has 1 fully saturated rings. The van der Waals surface area contributed by atoms with Gasteiger partial charge in [-0.25, -0.2) is 9.97 Å². The molecule has 0 bridgehead atoms. The zero-order chi connectivity index (χ0) is 16.7. The Kier molecular flexibility index (Phi) is 3.68. The number of aromatic nitrogens is 5. The van der Waals surface area contributed by atoms with Crippen LogP contribution in [0, 0.1) is 20.8 Å². The fourth-order valence-electron chi connectivity index (χ4n) is 3.07. The predicted molar refractivity (Wildman–Crippen MR) is 89.0 cm³/mol. The van der Waals surface area contributed by atoms with Crippen molar-refractivity contribution in [2.24, 2.45) is 0 Å². The molecule has 0 aliphatic carbocycles. The summed E-state index contributed by atoms with van der Waals surface area (Å²) >= 11 is 0. The molecule has 0 atom stereocenters. The van der Waals surface area contributed by atoms with Gasteiger partial charge in [-0.15, -0.1) is 0 Å². The van der Waals surface area contributed by atoms with Gasteiger partial charge in [0.05, 0.1) is 12.2 Å². The smallest absolute Gasteiger partial charge is 0.254 e. The minimum atomic E-state index is 0.651. The van der Waals surface area contributed by atoms with E-state index >= 15 is 0 Å². The summed E-state index contributed by atoms with van der Waals surface area (Å²) < 4.78 is 7.50. The molecule has 0 amide bonds. The van der Waals surface area contributed by atoms with Gasteiger partial charge in [0.1, 0.15) is 17.9 Å². The fraction of sp³-hybridized carbons (Fsp3) is 0.500. The van der Waals surface area contributed by atoms with Crippen molar-refractivity contribution in [2.45, 2.75) is 27.3 Å². The van der Waals surface area contributed by atoms with Crippen LogP contribution in [-0.2, 0) is 6.54 Å². The minimum Gasteiger partial charge on any atom is -0.444 e. The number of rotatable bonds is 3. The normalized spacial score (nSPS) is 16.2. The van der Waals surface area contributed by atoms with Crippen molar-refractivity contribution in [3.8, 4) is 0 Å². The lowest BCUT2D eigenvalue weighted by molar-refractivity contribution is 0.224. The molecule has 24 heavy (non-hydrogen) atoms.